The molecule has 0 N–H and O–H groups in total. The molecule has 146 valence electrons. The van der Waals surface area contributed by atoms with E-state index in [1.54, 1.807) is 0 Å². The lowest BCUT2D eigenvalue weighted by molar-refractivity contribution is 0.0696. The molecule has 0 bridgehead atoms. The lowest BCUT2D eigenvalue weighted by atomic mass is 10.3. The molecule has 9 nitrogen and oxygen atoms in total. The highest BCUT2D eigenvalue weighted by Gasteiger charge is 2.39. The van der Waals surface area contributed by atoms with Crippen LogP contribution in [0.4, 0.5) is 0 Å². The van der Waals surface area contributed by atoms with Gasteiger partial charge in [-0.15, -0.1) is 0 Å². The molecule has 1 rings (SSSR count). The maximum atomic E-state index is 11.6. The minimum Gasteiger partial charge on any atom is -0.494 e. The number of azide groups is 1. The smallest absolute Gasteiger partial charge is 0.494 e. The minimum atomic E-state index is -3.98. The predicted octanol–water partition coefficient (Wildman–Crippen LogP) is 3.50. The third-order valence-electron chi connectivity index (χ3n) is 3.25. The molecule has 0 amide bonds. The zero-order chi connectivity index (χ0) is 19.5. The van der Waals surface area contributed by atoms with Crippen molar-refractivity contribution in [1.29, 1.82) is 0 Å². The van der Waals surface area contributed by atoms with Crippen molar-refractivity contribution >= 4 is 18.8 Å². The Labute approximate surface area is 155 Å². The number of rotatable bonds is 13. The van der Waals surface area contributed by atoms with Gasteiger partial charge in [0.2, 0.25) is 0 Å². The maximum Gasteiger partial charge on any atom is 0.501 e. The van der Waals surface area contributed by atoms with E-state index in [4.69, 9.17) is 23.5 Å². The summed E-state index contributed by atoms with van der Waals surface area (Å²) in [5.74, 6) is 0.515. The molecule has 0 atom stereocenters. The van der Waals surface area contributed by atoms with E-state index >= 15 is 0 Å². The molecule has 1 aromatic rings. The van der Waals surface area contributed by atoms with Crippen LogP contribution in [-0.4, -0.2) is 43.6 Å². The van der Waals surface area contributed by atoms with E-state index in [1.807, 2.05) is 20.8 Å². The van der Waals surface area contributed by atoms with Crippen molar-refractivity contribution in [2.45, 2.75) is 38.1 Å². The van der Waals surface area contributed by atoms with Crippen LogP contribution in [0.1, 0.15) is 27.2 Å². The molecule has 11 heteroatoms. The van der Waals surface area contributed by atoms with Gasteiger partial charge in [-0.1, -0.05) is 0 Å². The number of benzene rings is 1. The molecule has 0 aromatic heterocycles. The molecule has 0 aliphatic rings. The van der Waals surface area contributed by atoms with E-state index < -0.39 is 18.8 Å². The predicted molar refractivity (Wildman–Crippen MR) is 98.3 cm³/mol. The molecule has 26 heavy (non-hydrogen) atoms. The second kappa shape index (κ2) is 11.2. The Morgan fingerprint density at radius 3 is 2.04 bits per heavy atom. The highest BCUT2D eigenvalue weighted by atomic mass is 32.2. The summed E-state index contributed by atoms with van der Waals surface area (Å²) in [5.41, 5.74) is 8.27. The Bertz CT molecular complexity index is 675. The summed E-state index contributed by atoms with van der Waals surface area (Å²) in [4.78, 5) is 2.22. The molecule has 0 heterocycles. The van der Waals surface area contributed by atoms with E-state index in [2.05, 4.69) is 9.43 Å². The molecule has 0 saturated carbocycles. The quantitative estimate of drug-likeness (QED) is 0.163. The lowest BCUT2D eigenvalue weighted by Crippen LogP contribution is -2.46. The van der Waals surface area contributed by atoms with Crippen molar-refractivity contribution in [3.05, 3.63) is 34.7 Å². The molecular formula is C15H25N3O6SSi. The van der Waals surface area contributed by atoms with Gasteiger partial charge < -0.3 is 18.0 Å². The number of sulfonamides is 1. The van der Waals surface area contributed by atoms with Crippen LogP contribution in [0.2, 0.25) is 6.04 Å². The molecule has 0 fully saturated rings. The van der Waals surface area contributed by atoms with Crippen molar-refractivity contribution in [2.75, 3.05) is 26.4 Å². The fourth-order valence-electron chi connectivity index (χ4n) is 2.28. The molecule has 0 unspecified atom stereocenters. The molecule has 0 saturated heterocycles. The first-order chi connectivity index (χ1) is 12.4. The second-order valence-electron chi connectivity index (χ2n) is 5.05. The summed E-state index contributed by atoms with van der Waals surface area (Å²) in [6.07, 6.45) is 0.672. The van der Waals surface area contributed by atoms with Gasteiger partial charge in [-0.3, -0.25) is 0 Å². The summed E-state index contributed by atoms with van der Waals surface area (Å²) < 4.78 is 48.9. The third kappa shape index (κ3) is 6.94. The molecule has 0 aliphatic carbocycles. The topological polar surface area (TPSA) is 120 Å². The fourth-order valence-corrected chi connectivity index (χ4v) is 5.53. The van der Waals surface area contributed by atoms with Gasteiger partial charge >= 0.3 is 8.80 Å². The SMILES string of the molecule is CCO[Si](CCCOc1ccc(S(=O)(=O)N=[N+]=[N-])cc1)(OCC)OCC. The Morgan fingerprint density at radius 1 is 1.04 bits per heavy atom. The van der Waals surface area contributed by atoms with Crippen LogP contribution in [0, 0.1) is 0 Å². The van der Waals surface area contributed by atoms with Crippen LogP contribution in [0.3, 0.4) is 0 Å². The van der Waals surface area contributed by atoms with Crippen molar-refractivity contribution in [1.82, 2.24) is 0 Å². The Kier molecular flexibility index (Phi) is 9.63. The lowest BCUT2D eigenvalue weighted by Gasteiger charge is -2.28. The standard InChI is InChI=1S/C15H25N3O6SSi/c1-4-22-26(23-5-2,24-6-3)13-7-12-21-14-8-10-15(11-9-14)25(19,20)18-17-16/h8-11H,4-7,12-13H2,1-3H3. The Hall–Kier alpha value is -1.62. The van der Waals surface area contributed by atoms with Gasteiger partial charge in [0.1, 0.15) is 5.75 Å². The van der Waals surface area contributed by atoms with Crippen LogP contribution < -0.4 is 4.74 Å². The van der Waals surface area contributed by atoms with Crippen molar-refractivity contribution in [2.24, 2.45) is 4.52 Å². The molecule has 0 radical (unpaired) electrons. The van der Waals surface area contributed by atoms with Crippen LogP contribution >= 0.6 is 0 Å². The van der Waals surface area contributed by atoms with Crippen LogP contribution in [0.5, 0.6) is 5.75 Å². The van der Waals surface area contributed by atoms with Crippen molar-refractivity contribution < 1.29 is 26.4 Å². The second-order valence-corrected chi connectivity index (χ2v) is 9.37. The van der Waals surface area contributed by atoms with Gasteiger partial charge in [0.15, 0.2) is 0 Å². The van der Waals surface area contributed by atoms with Crippen molar-refractivity contribution in [3.8, 4) is 5.75 Å². The molecule has 0 aliphatic heterocycles. The minimum absolute atomic E-state index is 0.0851. The summed E-state index contributed by atoms with van der Waals surface area (Å²) in [7, 11) is -6.66. The zero-order valence-electron chi connectivity index (χ0n) is 15.3. The highest BCUT2D eigenvalue weighted by molar-refractivity contribution is 7.90. The first-order valence-corrected chi connectivity index (χ1v) is 11.8. The van der Waals surface area contributed by atoms with E-state index in [0.29, 0.717) is 44.6 Å². The van der Waals surface area contributed by atoms with E-state index in [9.17, 15) is 8.42 Å². The normalized spacial score (nSPS) is 11.8. The molecular weight excluding hydrogens is 378 g/mol. The van der Waals surface area contributed by atoms with Crippen molar-refractivity contribution in [3.63, 3.8) is 0 Å². The average Bonchev–Trinajstić information content (AvgIpc) is 2.60. The van der Waals surface area contributed by atoms with E-state index in [1.165, 1.54) is 24.3 Å². The largest absolute Gasteiger partial charge is 0.501 e. The van der Waals surface area contributed by atoms with Crippen LogP contribution in [0.25, 0.3) is 10.4 Å². The van der Waals surface area contributed by atoms with E-state index in [-0.39, 0.29) is 4.90 Å². The van der Waals surface area contributed by atoms with Gasteiger partial charge in [-0.05, 0) is 57.0 Å². The zero-order valence-corrected chi connectivity index (χ0v) is 17.1. The number of nitrogens with zero attached hydrogens (tertiary/aromatic N) is 3. The fraction of sp³-hybridized carbons (Fsp3) is 0.600. The monoisotopic (exact) mass is 403 g/mol. The Balaban J connectivity index is 2.60. The Morgan fingerprint density at radius 2 is 1.58 bits per heavy atom. The maximum absolute atomic E-state index is 11.6. The van der Waals surface area contributed by atoms with Gasteiger partial charge in [-0.2, -0.15) is 0 Å². The summed E-state index contributed by atoms with van der Waals surface area (Å²) in [5, 5.41) is 0. The first-order valence-electron chi connectivity index (χ1n) is 8.39. The number of hydrogen-bond donors (Lipinski definition) is 0. The molecule has 0 spiro atoms. The van der Waals surface area contributed by atoms with Gasteiger partial charge in [0.05, 0.1) is 11.5 Å². The number of ether oxygens (including phenoxy) is 1. The summed E-state index contributed by atoms with van der Waals surface area (Å²) in [6.45, 7) is 7.69. The first kappa shape index (κ1) is 22.4. The van der Waals surface area contributed by atoms with Crippen LogP contribution in [-0.2, 0) is 23.3 Å². The van der Waals surface area contributed by atoms with Gasteiger partial charge in [0, 0.05) is 35.3 Å². The van der Waals surface area contributed by atoms with Gasteiger partial charge in [-0.25, -0.2) is 8.42 Å². The van der Waals surface area contributed by atoms with E-state index in [0.717, 1.165) is 0 Å². The molecule has 1 aromatic carbocycles. The summed E-state index contributed by atoms with van der Waals surface area (Å²) >= 11 is 0. The average molecular weight is 404 g/mol. The van der Waals surface area contributed by atoms with Crippen LogP contribution in [0.15, 0.2) is 33.7 Å². The third-order valence-corrected chi connectivity index (χ3v) is 7.56. The number of hydrogen-bond acceptors (Lipinski definition) is 6. The van der Waals surface area contributed by atoms with Gasteiger partial charge in [0.25, 0.3) is 10.0 Å². The highest BCUT2D eigenvalue weighted by Crippen LogP contribution is 2.20. The summed E-state index contributed by atoms with van der Waals surface area (Å²) in [6, 6.07) is 6.32.